The van der Waals surface area contributed by atoms with E-state index in [4.69, 9.17) is 9.47 Å². The van der Waals surface area contributed by atoms with Crippen molar-refractivity contribution < 1.29 is 23.9 Å². The van der Waals surface area contributed by atoms with Crippen molar-refractivity contribution in [2.45, 2.75) is 57.6 Å². The highest BCUT2D eigenvalue weighted by Crippen LogP contribution is 2.41. The molecular formula is C23H30N2O5. The zero-order valence-corrected chi connectivity index (χ0v) is 18.2. The number of benzene rings is 1. The Balaban J connectivity index is 1.42. The first-order valence-electron chi connectivity index (χ1n) is 10.6. The van der Waals surface area contributed by atoms with Gasteiger partial charge in [-0.15, -0.1) is 0 Å². The predicted molar refractivity (Wildman–Crippen MR) is 111 cm³/mol. The first-order valence-corrected chi connectivity index (χ1v) is 10.6. The van der Waals surface area contributed by atoms with Crippen molar-refractivity contribution in [3.63, 3.8) is 0 Å². The molecule has 0 radical (unpaired) electrons. The number of carbonyl (C=O) groups excluding carboxylic acids is 3. The maximum absolute atomic E-state index is 13.1. The number of carbonyl (C=O) groups is 3. The van der Waals surface area contributed by atoms with E-state index in [1.54, 1.807) is 30.2 Å². The number of methoxy groups -OCH3 is 1. The van der Waals surface area contributed by atoms with Crippen LogP contribution in [0.2, 0.25) is 0 Å². The number of hydrogen-bond acceptors (Lipinski definition) is 5. The van der Waals surface area contributed by atoms with Gasteiger partial charge in [-0.2, -0.15) is 0 Å². The highest BCUT2D eigenvalue weighted by Gasteiger charge is 2.46. The minimum Gasteiger partial charge on any atom is -0.497 e. The molecule has 3 aliphatic rings. The number of hydrogen-bond donors (Lipinski definition) is 0. The van der Waals surface area contributed by atoms with Gasteiger partial charge in [-0.1, -0.05) is 0 Å². The van der Waals surface area contributed by atoms with Crippen LogP contribution in [-0.4, -0.2) is 65.3 Å². The summed E-state index contributed by atoms with van der Waals surface area (Å²) in [6.45, 7) is 7.52. The molecule has 4 rings (SSSR count). The normalized spacial score (nSPS) is 23.4. The average molecular weight is 415 g/mol. The first kappa shape index (κ1) is 20.7. The Hall–Kier alpha value is -2.57. The summed E-state index contributed by atoms with van der Waals surface area (Å²) in [5.74, 6) is 1.08. The summed E-state index contributed by atoms with van der Waals surface area (Å²) < 4.78 is 11.6. The van der Waals surface area contributed by atoms with E-state index in [0.29, 0.717) is 56.0 Å². The monoisotopic (exact) mass is 414 g/mol. The summed E-state index contributed by atoms with van der Waals surface area (Å²) in [5, 5.41) is 0. The number of fused-ring (bicyclic) bond motifs is 1. The minimum atomic E-state index is -0.573. The Morgan fingerprint density at radius 1 is 1.20 bits per heavy atom. The van der Waals surface area contributed by atoms with Gasteiger partial charge in [0.1, 0.15) is 17.1 Å². The van der Waals surface area contributed by atoms with E-state index in [0.717, 1.165) is 0 Å². The number of ketones is 1. The summed E-state index contributed by atoms with van der Waals surface area (Å²) in [5.41, 5.74) is -0.259. The fourth-order valence-electron chi connectivity index (χ4n) is 4.79. The van der Waals surface area contributed by atoms with E-state index in [2.05, 4.69) is 0 Å². The molecule has 1 unspecified atom stereocenters. The largest absolute Gasteiger partial charge is 0.497 e. The first-order chi connectivity index (χ1) is 14.1. The average Bonchev–Trinajstić information content (AvgIpc) is 3.09. The molecule has 7 heteroatoms. The minimum absolute atomic E-state index is 0.0363. The van der Waals surface area contributed by atoms with Crippen LogP contribution in [0, 0.1) is 5.92 Å². The van der Waals surface area contributed by atoms with Gasteiger partial charge in [0.2, 0.25) is 11.8 Å². The fraction of sp³-hybridized carbons (Fsp3) is 0.609. The van der Waals surface area contributed by atoms with E-state index in [-0.39, 0.29) is 35.5 Å². The van der Waals surface area contributed by atoms with Gasteiger partial charge in [0, 0.05) is 50.5 Å². The van der Waals surface area contributed by atoms with E-state index in [1.807, 2.05) is 25.7 Å². The number of piperidine rings is 1. The fourth-order valence-corrected chi connectivity index (χ4v) is 4.79. The molecule has 30 heavy (non-hydrogen) atoms. The van der Waals surface area contributed by atoms with Crippen molar-refractivity contribution in [2.24, 2.45) is 5.92 Å². The maximum atomic E-state index is 13.1. The molecule has 1 atom stereocenters. The molecule has 2 fully saturated rings. The van der Waals surface area contributed by atoms with Crippen LogP contribution in [0.25, 0.3) is 0 Å². The van der Waals surface area contributed by atoms with Gasteiger partial charge in [0.05, 0.1) is 25.0 Å². The van der Waals surface area contributed by atoms with Crippen molar-refractivity contribution >= 4 is 17.6 Å². The molecule has 0 N–H and O–H groups in total. The molecule has 1 aromatic carbocycles. The highest BCUT2D eigenvalue weighted by molar-refractivity contribution is 6.00. The van der Waals surface area contributed by atoms with Crippen molar-refractivity contribution in [3.8, 4) is 11.5 Å². The molecule has 0 aromatic heterocycles. The smallest absolute Gasteiger partial charge is 0.227 e. The molecule has 2 saturated heterocycles. The molecule has 1 spiro atoms. The predicted octanol–water partition coefficient (Wildman–Crippen LogP) is 2.67. The Bertz CT molecular complexity index is 880. The summed E-state index contributed by atoms with van der Waals surface area (Å²) >= 11 is 0. The standard InChI is InChI=1S/C23H30N2O5/c1-22(2,3)25-14-15(11-20(25)27)21(28)24-9-7-23(8-10-24)13-18(26)17-6-5-16(29-4)12-19(17)30-23/h5-6,12,15H,7-11,13-14H2,1-4H3. The second-order valence-electron chi connectivity index (χ2n) is 9.65. The van der Waals surface area contributed by atoms with Gasteiger partial charge in [-0.25, -0.2) is 0 Å². The SMILES string of the molecule is COc1ccc2c(c1)OC1(CCN(C(=O)C3CC(=O)N(C(C)(C)C)C3)CC1)CC2=O. The lowest BCUT2D eigenvalue weighted by atomic mass is 9.82. The number of amides is 2. The number of likely N-dealkylation sites (tertiary alicyclic amines) is 2. The molecule has 3 heterocycles. The second-order valence-corrected chi connectivity index (χ2v) is 9.65. The molecule has 0 bridgehead atoms. The number of ether oxygens (including phenoxy) is 2. The Morgan fingerprint density at radius 3 is 2.50 bits per heavy atom. The summed E-state index contributed by atoms with van der Waals surface area (Å²) in [7, 11) is 1.58. The van der Waals surface area contributed by atoms with Crippen molar-refractivity contribution in [3.05, 3.63) is 23.8 Å². The lowest BCUT2D eigenvalue weighted by molar-refractivity contribution is -0.139. The molecule has 3 aliphatic heterocycles. The van der Waals surface area contributed by atoms with Crippen LogP contribution in [-0.2, 0) is 9.59 Å². The van der Waals surface area contributed by atoms with Gasteiger partial charge in [-0.3, -0.25) is 14.4 Å². The van der Waals surface area contributed by atoms with Crippen LogP contribution in [0.5, 0.6) is 11.5 Å². The number of Topliss-reactive ketones (excluding diaryl/α,β-unsaturated/α-hetero) is 1. The third-order valence-electron chi connectivity index (χ3n) is 6.57. The van der Waals surface area contributed by atoms with E-state index in [1.165, 1.54) is 0 Å². The molecule has 2 amide bonds. The number of nitrogens with zero attached hydrogens (tertiary/aromatic N) is 2. The molecule has 162 valence electrons. The number of rotatable bonds is 2. The van der Waals surface area contributed by atoms with Crippen LogP contribution < -0.4 is 9.47 Å². The van der Waals surface area contributed by atoms with Crippen molar-refractivity contribution in [1.82, 2.24) is 9.80 Å². The van der Waals surface area contributed by atoms with Gasteiger partial charge < -0.3 is 19.3 Å². The van der Waals surface area contributed by atoms with E-state index >= 15 is 0 Å². The molecule has 0 saturated carbocycles. The van der Waals surface area contributed by atoms with Crippen LogP contribution in [0.1, 0.15) is 56.8 Å². The lowest BCUT2D eigenvalue weighted by Crippen LogP contribution is -2.53. The topological polar surface area (TPSA) is 76.2 Å². The quantitative estimate of drug-likeness (QED) is 0.744. The van der Waals surface area contributed by atoms with E-state index in [9.17, 15) is 14.4 Å². The van der Waals surface area contributed by atoms with Gasteiger partial charge in [0.15, 0.2) is 5.78 Å². The Kier molecular flexibility index (Phi) is 5.03. The van der Waals surface area contributed by atoms with E-state index < -0.39 is 5.60 Å². The van der Waals surface area contributed by atoms with Crippen LogP contribution in [0.3, 0.4) is 0 Å². The van der Waals surface area contributed by atoms with Crippen LogP contribution in [0.4, 0.5) is 0 Å². The molecule has 7 nitrogen and oxygen atoms in total. The van der Waals surface area contributed by atoms with Crippen LogP contribution in [0.15, 0.2) is 18.2 Å². The zero-order chi connectivity index (χ0) is 21.7. The lowest BCUT2D eigenvalue weighted by Gasteiger charge is -2.44. The van der Waals surface area contributed by atoms with Crippen molar-refractivity contribution in [2.75, 3.05) is 26.7 Å². The molecular weight excluding hydrogens is 384 g/mol. The highest BCUT2D eigenvalue weighted by atomic mass is 16.5. The summed E-state index contributed by atoms with van der Waals surface area (Å²) in [4.78, 5) is 41.8. The Morgan fingerprint density at radius 2 is 1.90 bits per heavy atom. The molecule has 0 aliphatic carbocycles. The van der Waals surface area contributed by atoms with Crippen molar-refractivity contribution in [1.29, 1.82) is 0 Å². The van der Waals surface area contributed by atoms with Gasteiger partial charge in [0.25, 0.3) is 0 Å². The van der Waals surface area contributed by atoms with Gasteiger partial charge in [-0.05, 0) is 32.9 Å². The third-order valence-corrected chi connectivity index (χ3v) is 6.57. The second kappa shape index (κ2) is 7.29. The Labute approximate surface area is 177 Å². The molecule has 1 aromatic rings. The maximum Gasteiger partial charge on any atom is 0.227 e. The third kappa shape index (κ3) is 3.66. The van der Waals surface area contributed by atoms with Gasteiger partial charge >= 0.3 is 0 Å². The summed E-state index contributed by atoms with van der Waals surface area (Å²) in [6.07, 6.45) is 1.81. The summed E-state index contributed by atoms with van der Waals surface area (Å²) in [6, 6.07) is 5.28. The van der Waals surface area contributed by atoms with Crippen LogP contribution >= 0.6 is 0 Å². The zero-order valence-electron chi connectivity index (χ0n) is 18.2.